The van der Waals surface area contributed by atoms with Gasteiger partial charge in [0.1, 0.15) is 0 Å². The first-order valence-electron chi connectivity index (χ1n) is 5.85. The topological polar surface area (TPSA) is 77.8 Å². The monoisotopic (exact) mass is 249 g/mol. The molecule has 0 saturated heterocycles. The third-order valence-electron chi connectivity index (χ3n) is 3.00. The van der Waals surface area contributed by atoms with Gasteiger partial charge in [0.25, 0.3) is 0 Å². The molecule has 0 spiro atoms. The fourth-order valence-corrected chi connectivity index (χ4v) is 2.19. The van der Waals surface area contributed by atoms with Gasteiger partial charge in [-0.2, -0.15) is 0 Å². The summed E-state index contributed by atoms with van der Waals surface area (Å²) in [7, 11) is 0. The van der Waals surface area contributed by atoms with Gasteiger partial charge in [-0.15, -0.1) is 0 Å². The van der Waals surface area contributed by atoms with E-state index in [0.717, 1.165) is 5.69 Å². The first-order chi connectivity index (χ1) is 8.58. The summed E-state index contributed by atoms with van der Waals surface area (Å²) in [5.41, 5.74) is 1.42. The first kappa shape index (κ1) is 12.6. The quantitative estimate of drug-likeness (QED) is 0.829. The maximum atomic E-state index is 11.7. The zero-order chi connectivity index (χ0) is 13.1. The number of aliphatic carboxylic acids is 1. The van der Waals surface area contributed by atoms with Gasteiger partial charge in [-0.3, -0.25) is 9.59 Å². The Balaban J connectivity index is 2.14. The lowest BCUT2D eigenvalue weighted by molar-refractivity contribution is -0.139. The van der Waals surface area contributed by atoms with E-state index in [1.807, 2.05) is 17.0 Å². The van der Waals surface area contributed by atoms with E-state index in [1.54, 1.807) is 12.1 Å². The number of aliphatic hydroxyl groups is 1. The number of anilines is 1. The van der Waals surface area contributed by atoms with Crippen molar-refractivity contribution >= 4 is 17.4 Å². The van der Waals surface area contributed by atoms with Gasteiger partial charge >= 0.3 is 5.97 Å². The van der Waals surface area contributed by atoms with Crippen LogP contribution >= 0.6 is 0 Å². The molecule has 18 heavy (non-hydrogen) atoms. The van der Waals surface area contributed by atoms with Crippen molar-refractivity contribution in [2.45, 2.75) is 18.9 Å². The molecule has 0 aromatic heterocycles. The predicted molar refractivity (Wildman–Crippen MR) is 65.9 cm³/mol. The second-order valence-electron chi connectivity index (χ2n) is 4.39. The number of hydrogen-bond donors (Lipinski definition) is 2. The normalized spacial score (nSPS) is 16.3. The SMILES string of the molecule is O=C(O)CC(O)CN1CCC(=O)c2ccccc21. The molecule has 2 rings (SSSR count). The summed E-state index contributed by atoms with van der Waals surface area (Å²) in [6.45, 7) is 0.753. The minimum atomic E-state index is -1.02. The molecule has 96 valence electrons. The first-order valence-corrected chi connectivity index (χ1v) is 5.85. The van der Waals surface area contributed by atoms with E-state index in [0.29, 0.717) is 18.5 Å². The number of ketones is 1. The van der Waals surface area contributed by atoms with Gasteiger partial charge in [0, 0.05) is 30.8 Å². The van der Waals surface area contributed by atoms with Crippen molar-refractivity contribution in [3.63, 3.8) is 0 Å². The second-order valence-corrected chi connectivity index (χ2v) is 4.39. The standard InChI is InChI=1S/C13H15NO4/c15-9(7-13(17)18)8-14-6-5-12(16)10-3-1-2-4-11(10)14/h1-4,9,15H,5-8H2,(H,17,18). The maximum Gasteiger partial charge on any atom is 0.306 e. The third-order valence-corrected chi connectivity index (χ3v) is 3.00. The number of hydrogen-bond acceptors (Lipinski definition) is 4. The molecule has 0 radical (unpaired) electrons. The van der Waals surface area contributed by atoms with E-state index in [9.17, 15) is 14.7 Å². The van der Waals surface area contributed by atoms with Crippen molar-refractivity contribution in [2.75, 3.05) is 18.0 Å². The lowest BCUT2D eigenvalue weighted by Gasteiger charge is -2.31. The number of rotatable bonds is 4. The van der Waals surface area contributed by atoms with Crippen LogP contribution in [0.5, 0.6) is 0 Å². The van der Waals surface area contributed by atoms with Crippen LogP contribution in [0.15, 0.2) is 24.3 Å². The van der Waals surface area contributed by atoms with Crippen LogP contribution < -0.4 is 4.90 Å². The van der Waals surface area contributed by atoms with E-state index >= 15 is 0 Å². The summed E-state index contributed by atoms with van der Waals surface area (Å²) in [5, 5.41) is 18.3. The molecule has 5 nitrogen and oxygen atoms in total. The summed E-state index contributed by atoms with van der Waals surface area (Å²) in [5.74, 6) is -0.932. The minimum Gasteiger partial charge on any atom is -0.481 e. The van der Waals surface area contributed by atoms with Gasteiger partial charge in [-0.1, -0.05) is 12.1 Å². The summed E-state index contributed by atoms with van der Waals surface area (Å²) in [6, 6.07) is 7.20. The lowest BCUT2D eigenvalue weighted by Crippen LogP contribution is -2.38. The van der Waals surface area contributed by atoms with Crippen molar-refractivity contribution in [3.05, 3.63) is 29.8 Å². The molecule has 2 N–H and O–H groups in total. The molecule has 5 heteroatoms. The van der Waals surface area contributed by atoms with E-state index in [1.165, 1.54) is 0 Å². The predicted octanol–water partition coefficient (Wildman–Crippen LogP) is 0.915. The number of carbonyl (C=O) groups is 2. The summed E-state index contributed by atoms with van der Waals surface area (Å²) in [4.78, 5) is 24.1. The smallest absolute Gasteiger partial charge is 0.306 e. The molecule has 0 amide bonds. The Bertz CT molecular complexity index is 472. The Labute approximate surface area is 105 Å². The fraction of sp³-hybridized carbons (Fsp3) is 0.385. The van der Waals surface area contributed by atoms with Crippen molar-refractivity contribution in [3.8, 4) is 0 Å². The highest BCUT2D eigenvalue weighted by Crippen LogP contribution is 2.26. The van der Waals surface area contributed by atoms with Gasteiger partial charge < -0.3 is 15.1 Å². The number of carboxylic acids is 1. The number of fused-ring (bicyclic) bond motifs is 1. The largest absolute Gasteiger partial charge is 0.481 e. The third kappa shape index (κ3) is 2.68. The number of carboxylic acid groups (broad SMARTS) is 1. The summed E-state index contributed by atoms with van der Waals surface area (Å²) >= 11 is 0. The average Bonchev–Trinajstić information content (AvgIpc) is 2.32. The van der Waals surface area contributed by atoms with E-state index in [4.69, 9.17) is 5.11 Å². The van der Waals surface area contributed by atoms with Crippen LogP contribution in [0.4, 0.5) is 5.69 Å². The Morgan fingerprint density at radius 3 is 2.83 bits per heavy atom. The highest BCUT2D eigenvalue weighted by molar-refractivity contribution is 6.03. The number of benzene rings is 1. The minimum absolute atomic E-state index is 0.0922. The molecular formula is C13H15NO4. The number of carbonyl (C=O) groups excluding carboxylic acids is 1. The van der Waals surface area contributed by atoms with Crippen molar-refractivity contribution in [1.29, 1.82) is 0 Å². The number of para-hydroxylation sites is 1. The van der Waals surface area contributed by atoms with Gasteiger partial charge in [0.05, 0.1) is 12.5 Å². The number of Topliss-reactive ketones (excluding diaryl/α,β-unsaturated/α-hetero) is 1. The van der Waals surface area contributed by atoms with Crippen LogP contribution in [0.25, 0.3) is 0 Å². The number of nitrogens with zero attached hydrogens (tertiary/aromatic N) is 1. The summed E-state index contributed by atoms with van der Waals surface area (Å²) < 4.78 is 0. The average molecular weight is 249 g/mol. The maximum absolute atomic E-state index is 11.7. The Hall–Kier alpha value is -1.88. The molecule has 1 aliphatic rings. The van der Waals surface area contributed by atoms with Gasteiger partial charge in [0.15, 0.2) is 5.78 Å². The van der Waals surface area contributed by atoms with Gasteiger partial charge in [0.2, 0.25) is 0 Å². The molecular weight excluding hydrogens is 234 g/mol. The van der Waals surface area contributed by atoms with E-state index in [2.05, 4.69) is 0 Å². The fourth-order valence-electron chi connectivity index (χ4n) is 2.19. The molecule has 1 aromatic carbocycles. The number of aliphatic hydroxyl groups excluding tert-OH is 1. The van der Waals surface area contributed by atoms with E-state index < -0.39 is 12.1 Å². The van der Waals surface area contributed by atoms with Gasteiger partial charge in [-0.25, -0.2) is 0 Å². The van der Waals surface area contributed by atoms with Crippen LogP contribution in [-0.4, -0.2) is 41.2 Å². The zero-order valence-electron chi connectivity index (χ0n) is 9.87. The van der Waals surface area contributed by atoms with E-state index in [-0.39, 0.29) is 18.7 Å². The van der Waals surface area contributed by atoms with Crippen molar-refractivity contribution in [2.24, 2.45) is 0 Å². The van der Waals surface area contributed by atoms with Gasteiger partial charge in [-0.05, 0) is 12.1 Å². The molecule has 1 unspecified atom stereocenters. The Kier molecular flexibility index (Phi) is 3.62. The van der Waals surface area contributed by atoms with Crippen molar-refractivity contribution < 1.29 is 19.8 Å². The molecule has 1 heterocycles. The van der Waals surface area contributed by atoms with Crippen LogP contribution in [0.3, 0.4) is 0 Å². The van der Waals surface area contributed by atoms with Crippen molar-refractivity contribution in [1.82, 2.24) is 0 Å². The molecule has 1 atom stereocenters. The second kappa shape index (κ2) is 5.18. The zero-order valence-corrected chi connectivity index (χ0v) is 9.87. The molecule has 1 aromatic rings. The Morgan fingerprint density at radius 1 is 1.39 bits per heavy atom. The molecule has 1 aliphatic heterocycles. The van der Waals surface area contributed by atoms with Crippen LogP contribution in [-0.2, 0) is 4.79 Å². The molecule has 0 bridgehead atoms. The molecule has 0 aliphatic carbocycles. The molecule has 0 fully saturated rings. The Morgan fingerprint density at radius 2 is 2.11 bits per heavy atom. The number of β-amino-alcohol motifs (C(OH)–C–C–N with tert-alkyl or cyclic N) is 1. The molecule has 0 saturated carbocycles. The lowest BCUT2D eigenvalue weighted by atomic mass is 10.00. The highest BCUT2D eigenvalue weighted by atomic mass is 16.4. The van der Waals surface area contributed by atoms with Crippen LogP contribution in [0.2, 0.25) is 0 Å². The summed E-state index contributed by atoms with van der Waals surface area (Å²) in [6.07, 6.45) is -0.813. The van der Waals surface area contributed by atoms with Crippen LogP contribution in [0, 0.1) is 0 Å². The highest BCUT2D eigenvalue weighted by Gasteiger charge is 2.24. The van der Waals surface area contributed by atoms with Crippen LogP contribution in [0.1, 0.15) is 23.2 Å².